The van der Waals surface area contributed by atoms with Crippen molar-refractivity contribution in [1.29, 1.82) is 0 Å². The first-order valence-corrected chi connectivity index (χ1v) is 12.7. The molecule has 0 saturated carbocycles. The fourth-order valence-corrected chi connectivity index (χ4v) is 4.56. The van der Waals surface area contributed by atoms with Gasteiger partial charge < -0.3 is 10.1 Å². The van der Waals surface area contributed by atoms with Gasteiger partial charge in [-0.05, 0) is 36.8 Å². The van der Waals surface area contributed by atoms with E-state index in [9.17, 15) is 13.2 Å². The molecule has 2 aromatic heterocycles. The highest BCUT2D eigenvalue weighted by Crippen LogP contribution is 2.39. The van der Waals surface area contributed by atoms with Gasteiger partial charge in [0.2, 0.25) is 0 Å². The normalized spacial score (nSPS) is 11.7. The van der Waals surface area contributed by atoms with E-state index in [0.29, 0.717) is 16.5 Å². The second-order valence-corrected chi connectivity index (χ2v) is 9.26. The average molecular weight is 500 g/mol. The van der Waals surface area contributed by atoms with Crippen molar-refractivity contribution in [2.75, 3.05) is 11.9 Å². The van der Waals surface area contributed by atoms with Crippen molar-refractivity contribution < 1.29 is 17.9 Å². The van der Waals surface area contributed by atoms with Crippen molar-refractivity contribution in [3.8, 4) is 17.0 Å². The minimum absolute atomic E-state index is 0.140. The Morgan fingerprint density at radius 2 is 1.77 bits per heavy atom. The summed E-state index contributed by atoms with van der Waals surface area (Å²) in [4.78, 5) is 9.00. The van der Waals surface area contributed by atoms with Crippen LogP contribution in [0.4, 0.5) is 24.0 Å². The van der Waals surface area contributed by atoms with Gasteiger partial charge in [-0.3, -0.25) is 4.98 Å². The number of hydrogen-bond donors (Lipinski definition) is 1. The number of thiazole rings is 1. The van der Waals surface area contributed by atoms with Crippen LogP contribution in [0, 0.1) is 0 Å². The molecule has 0 aliphatic carbocycles. The Morgan fingerprint density at radius 1 is 0.971 bits per heavy atom. The fourth-order valence-electron chi connectivity index (χ4n) is 3.82. The summed E-state index contributed by atoms with van der Waals surface area (Å²) in [6, 6.07) is 13.8. The number of nitrogens with one attached hydrogen (secondary N) is 1. The van der Waals surface area contributed by atoms with Gasteiger partial charge in [-0.15, -0.1) is 11.3 Å². The summed E-state index contributed by atoms with van der Waals surface area (Å²) in [6.45, 7) is 2.42. The zero-order chi connectivity index (χ0) is 24.7. The lowest BCUT2D eigenvalue weighted by atomic mass is 10.1. The van der Waals surface area contributed by atoms with Crippen LogP contribution in [0.15, 0.2) is 60.1 Å². The van der Waals surface area contributed by atoms with Gasteiger partial charge in [0, 0.05) is 28.2 Å². The summed E-state index contributed by atoms with van der Waals surface area (Å²) in [5, 5.41) is 6.36. The van der Waals surface area contributed by atoms with E-state index in [4.69, 9.17) is 4.74 Å². The molecule has 0 saturated heterocycles. The van der Waals surface area contributed by atoms with Gasteiger partial charge >= 0.3 is 6.18 Å². The molecule has 4 aromatic rings. The van der Waals surface area contributed by atoms with Crippen LogP contribution in [0.1, 0.15) is 51.0 Å². The van der Waals surface area contributed by atoms with Crippen LogP contribution in [-0.4, -0.2) is 16.6 Å². The summed E-state index contributed by atoms with van der Waals surface area (Å²) < 4.78 is 46.6. The van der Waals surface area contributed by atoms with E-state index in [1.54, 1.807) is 12.3 Å². The third kappa shape index (κ3) is 6.72. The fraction of sp³-hybridized carbons (Fsp3) is 0.333. The van der Waals surface area contributed by atoms with Crippen molar-refractivity contribution in [2.24, 2.45) is 0 Å². The molecule has 8 heteroatoms. The number of benzene rings is 2. The number of para-hydroxylation sites is 1. The molecule has 0 radical (unpaired) electrons. The zero-order valence-corrected chi connectivity index (χ0v) is 20.4. The summed E-state index contributed by atoms with van der Waals surface area (Å²) in [6.07, 6.45) is 3.52. The van der Waals surface area contributed by atoms with Crippen molar-refractivity contribution in [3.63, 3.8) is 0 Å². The molecule has 1 N–H and O–H groups in total. The molecule has 184 valence electrons. The van der Waals surface area contributed by atoms with Crippen molar-refractivity contribution >= 4 is 33.1 Å². The Kier molecular flexibility index (Phi) is 8.23. The van der Waals surface area contributed by atoms with E-state index in [1.807, 2.05) is 35.7 Å². The average Bonchev–Trinajstić information content (AvgIpc) is 3.31. The van der Waals surface area contributed by atoms with Crippen LogP contribution in [0.5, 0.6) is 5.75 Å². The Bertz CT molecular complexity index is 1260. The SMILES string of the molecule is CCCCCCCCOc1ccc(Nc2nc(-c3cnc4ccccc4c3)cs2)cc1C(F)(F)F. The summed E-state index contributed by atoms with van der Waals surface area (Å²) >= 11 is 1.32. The molecule has 35 heavy (non-hydrogen) atoms. The van der Waals surface area contributed by atoms with Crippen LogP contribution >= 0.6 is 11.3 Å². The van der Waals surface area contributed by atoms with E-state index in [1.165, 1.54) is 23.8 Å². The Hall–Kier alpha value is -3.13. The maximum Gasteiger partial charge on any atom is 0.420 e. The largest absolute Gasteiger partial charge is 0.493 e. The highest BCUT2D eigenvalue weighted by Gasteiger charge is 2.34. The maximum absolute atomic E-state index is 13.7. The molecule has 0 unspecified atom stereocenters. The van der Waals surface area contributed by atoms with Crippen molar-refractivity contribution in [3.05, 3.63) is 65.7 Å². The van der Waals surface area contributed by atoms with Crippen LogP contribution < -0.4 is 10.1 Å². The molecular formula is C27H28F3N3OS. The number of aromatic nitrogens is 2. The zero-order valence-electron chi connectivity index (χ0n) is 19.6. The number of rotatable bonds is 11. The molecule has 0 atom stereocenters. The Morgan fingerprint density at radius 3 is 2.60 bits per heavy atom. The van der Waals surface area contributed by atoms with E-state index in [2.05, 4.69) is 22.2 Å². The van der Waals surface area contributed by atoms with Gasteiger partial charge in [0.05, 0.1) is 23.4 Å². The predicted octanol–water partition coefficient (Wildman–Crippen LogP) is 8.86. The second-order valence-electron chi connectivity index (χ2n) is 8.40. The number of anilines is 2. The first-order chi connectivity index (χ1) is 16.9. The third-order valence-electron chi connectivity index (χ3n) is 5.68. The number of ether oxygens (including phenoxy) is 1. The van der Waals surface area contributed by atoms with Gasteiger partial charge in [0.25, 0.3) is 0 Å². The number of fused-ring (bicyclic) bond motifs is 1. The van der Waals surface area contributed by atoms with Gasteiger partial charge in [-0.2, -0.15) is 13.2 Å². The molecule has 2 aromatic carbocycles. The van der Waals surface area contributed by atoms with E-state index in [0.717, 1.165) is 54.6 Å². The molecule has 0 aliphatic rings. The number of alkyl halides is 3. The van der Waals surface area contributed by atoms with E-state index in [-0.39, 0.29) is 12.4 Å². The lowest BCUT2D eigenvalue weighted by Gasteiger charge is -2.15. The smallest absolute Gasteiger partial charge is 0.420 e. The van der Waals surface area contributed by atoms with Crippen LogP contribution in [0.2, 0.25) is 0 Å². The van der Waals surface area contributed by atoms with Gasteiger partial charge in [-0.1, -0.05) is 57.2 Å². The Balaban J connectivity index is 1.43. The minimum atomic E-state index is -4.51. The molecule has 0 amide bonds. The van der Waals surface area contributed by atoms with Crippen LogP contribution in [0.25, 0.3) is 22.2 Å². The molecule has 4 nitrogen and oxygen atoms in total. The monoisotopic (exact) mass is 499 g/mol. The number of halogens is 3. The highest BCUT2D eigenvalue weighted by atomic mass is 32.1. The van der Waals surface area contributed by atoms with Crippen molar-refractivity contribution in [2.45, 2.75) is 51.6 Å². The van der Waals surface area contributed by atoms with Gasteiger partial charge in [0.15, 0.2) is 5.13 Å². The lowest BCUT2D eigenvalue weighted by molar-refractivity contribution is -0.138. The first kappa shape index (κ1) is 25.0. The highest BCUT2D eigenvalue weighted by molar-refractivity contribution is 7.14. The topological polar surface area (TPSA) is 47.0 Å². The van der Waals surface area contributed by atoms with E-state index >= 15 is 0 Å². The van der Waals surface area contributed by atoms with Gasteiger partial charge in [0.1, 0.15) is 5.75 Å². The third-order valence-corrected chi connectivity index (χ3v) is 6.44. The minimum Gasteiger partial charge on any atom is -0.493 e. The standard InChI is InChI=1S/C27H28F3N3OS/c1-2-3-4-5-6-9-14-34-25-13-12-21(16-22(25)27(28,29)30)32-26-33-24(18-35-26)20-15-19-10-7-8-11-23(19)31-17-20/h7-8,10-13,15-18H,2-6,9,14H2,1H3,(H,32,33). The molecule has 0 spiro atoms. The van der Waals surface area contributed by atoms with Crippen molar-refractivity contribution in [1.82, 2.24) is 9.97 Å². The second kappa shape index (κ2) is 11.5. The van der Waals surface area contributed by atoms with Crippen LogP contribution in [-0.2, 0) is 6.18 Å². The molecule has 4 rings (SSSR count). The summed E-state index contributed by atoms with van der Waals surface area (Å²) in [5.41, 5.74) is 1.97. The quantitative estimate of drug-likeness (QED) is 0.209. The molecule has 2 heterocycles. The van der Waals surface area contributed by atoms with Gasteiger partial charge in [-0.25, -0.2) is 4.98 Å². The summed E-state index contributed by atoms with van der Waals surface area (Å²) in [5.74, 6) is -0.140. The molecule has 0 fully saturated rings. The number of nitrogens with zero attached hydrogens (tertiary/aromatic N) is 2. The van der Waals surface area contributed by atoms with E-state index < -0.39 is 11.7 Å². The molecular weight excluding hydrogens is 471 g/mol. The Labute approximate surface area is 207 Å². The number of unbranched alkanes of at least 4 members (excludes halogenated alkanes) is 5. The lowest BCUT2D eigenvalue weighted by Crippen LogP contribution is -2.10. The first-order valence-electron chi connectivity index (χ1n) is 11.9. The van der Waals surface area contributed by atoms with Crippen LogP contribution in [0.3, 0.4) is 0 Å². The maximum atomic E-state index is 13.7. The number of hydrogen-bond acceptors (Lipinski definition) is 5. The molecule has 0 bridgehead atoms. The predicted molar refractivity (Wildman–Crippen MR) is 136 cm³/mol. The summed E-state index contributed by atoms with van der Waals surface area (Å²) in [7, 11) is 0. The number of pyridine rings is 1. The molecule has 0 aliphatic heterocycles.